The van der Waals surface area contributed by atoms with Gasteiger partial charge in [0.15, 0.2) is 0 Å². The molecule has 2 aromatic carbocycles. The lowest BCUT2D eigenvalue weighted by atomic mass is 9.62. The number of carboxylic acid groups (broad SMARTS) is 2. The van der Waals surface area contributed by atoms with E-state index in [1.807, 2.05) is 12.1 Å². The maximum Gasteiger partial charge on any atom is 0.490 e. The Morgan fingerprint density at radius 1 is 1.03 bits per heavy atom. The van der Waals surface area contributed by atoms with E-state index >= 15 is 0 Å². The van der Waals surface area contributed by atoms with Gasteiger partial charge in [0.1, 0.15) is 11.5 Å². The highest BCUT2D eigenvalue weighted by Gasteiger charge is 2.65. The average Bonchev–Trinajstić information content (AvgIpc) is 3.22. The minimum absolute atomic E-state index is 0.133. The number of nitrogens with one attached hydrogen (secondary N) is 2. The van der Waals surface area contributed by atoms with Crippen LogP contribution in [0.25, 0.3) is 0 Å². The van der Waals surface area contributed by atoms with Gasteiger partial charge >= 0.3 is 18.1 Å². The molecule has 200 valence electrons. The summed E-state index contributed by atoms with van der Waals surface area (Å²) in [5.41, 5.74) is 0.892. The lowest BCUT2D eigenvalue weighted by molar-refractivity contribution is -0.192. The Bertz CT molecular complexity index is 1230. The number of rotatable bonds is 3. The molecule has 1 amide bonds. The first kappa shape index (κ1) is 28.7. The van der Waals surface area contributed by atoms with Crippen molar-refractivity contribution in [1.29, 1.82) is 0 Å². The summed E-state index contributed by atoms with van der Waals surface area (Å²) in [7, 11) is 0. The first-order valence-electron chi connectivity index (χ1n) is 11.1. The molecule has 1 fully saturated rings. The summed E-state index contributed by atoms with van der Waals surface area (Å²) in [5, 5.41) is 24.5. The second-order valence-corrected chi connectivity index (χ2v) is 11.0. The van der Waals surface area contributed by atoms with Gasteiger partial charge in [-0.15, -0.1) is 0 Å². The number of fused-ring (bicyclic) bond motifs is 2. The van der Waals surface area contributed by atoms with E-state index in [2.05, 4.69) is 31.4 Å². The van der Waals surface area contributed by atoms with E-state index in [4.69, 9.17) is 33.1 Å². The number of hydrogen-bond donors (Lipinski definition) is 4. The minimum atomic E-state index is -5.08. The smallest absolute Gasteiger partial charge is 0.480 e. The Kier molecular flexibility index (Phi) is 7.89. The van der Waals surface area contributed by atoms with Crippen molar-refractivity contribution in [2.24, 2.45) is 5.41 Å². The number of alkyl halides is 3. The van der Waals surface area contributed by atoms with E-state index in [9.17, 15) is 27.9 Å². The third kappa shape index (κ3) is 5.71. The number of carbonyl (C=O) groups is 3. The largest absolute Gasteiger partial charge is 0.490 e. The standard InChI is InChI=1S/C23H24Cl2N2O3.C2HF3O2/c1-22(2,3)11-17-23(15-8-7-14(25)10-16(15)26-21(23)30)18(19(27-17)20(28)29)12-5-4-6-13(24)9-12;3-2(4,5)1(6)7/h4-10,17-19,27H,11H2,1-3H3,(H,26,30)(H,28,29);(H,6,7)/t17-,18+,19+,23+;/m0./s1. The third-order valence-electron chi connectivity index (χ3n) is 6.34. The van der Waals surface area contributed by atoms with Crippen molar-refractivity contribution >= 4 is 46.7 Å². The van der Waals surface area contributed by atoms with Crippen molar-refractivity contribution in [2.45, 2.75) is 56.8 Å². The first-order chi connectivity index (χ1) is 17.0. The molecule has 0 aromatic heterocycles. The van der Waals surface area contributed by atoms with E-state index in [-0.39, 0.29) is 17.4 Å². The average molecular weight is 561 g/mol. The summed E-state index contributed by atoms with van der Waals surface area (Å²) in [6.07, 6.45) is -4.47. The third-order valence-corrected chi connectivity index (χ3v) is 6.81. The predicted octanol–water partition coefficient (Wildman–Crippen LogP) is 5.46. The van der Waals surface area contributed by atoms with E-state index in [1.165, 1.54) is 0 Å². The van der Waals surface area contributed by atoms with E-state index in [1.54, 1.807) is 30.3 Å². The molecule has 0 saturated carbocycles. The molecule has 0 bridgehead atoms. The SMILES string of the molecule is CC(C)(C)C[C@@H]1N[C@@H](C(=O)O)[C@@H](c2cccc(Cl)c2)[C@]12C(=O)Nc1cc(Cl)ccc12.O=C(O)C(F)(F)F. The highest BCUT2D eigenvalue weighted by molar-refractivity contribution is 6.31. The molecule has 4 atom stereocenters. The van der Waals surface area contributed by atoms with Crippen LogP contribution in [0.3, 0.4) is 0 Å². The molecule has 2 aliphatic rings. The Hall–Kier alpha value is -2.82. The van der Waals surface area contributed by atoms with Crippen LogP contribution in [0.1, 0.15) is 44.2 Å². The van der Waals surface area contributed by atoms with Crippen molar-refractivity contribution < 1.29 is 37.8 Å². The van der Waals surface area contributed by atoms with E-state index in [0.29, 0.717) is 22.2 Å². The van der Waals surface area contributed by atoms with Crippen molar-refractivity contribution in [3.05, 3.63) is 63.6 Å². The molecule has 2 heterocycles. The molecule has 0 aliphatic carbocycles. The molecule has 4 N–H and O–H groups in total. The Morgan fingerprint density at radius 2 is 1.62 bits per heavy atom. The van der Waals surface area contributed by atoms with Crippen molar-refractivity contribution in [2.75, 3.05) is 5.32 Å². The van der Waals surface area contributed by atoms with Gasteiger partial charge in [0.25, 0.3) is 0 Å². The Balaban J connectivity index is 0.000000479. The molecular weight excluding hydrogens is 536 g/mol. The van der Waals surface area contributed by atoms with Crippen LogP contribution in [0.2, 0.25) is 10.0 Å². The van der Waals surface area contributed by atoms with Crippen LogP contribution in [0.4, 0.5) is 18.9 Å². The van der Waals surface area contributed by atoms with Crippen molar-refractivity contribution in [1.82, 2.24) is 5.32 Å². The molecule has 37 heavy (non-hydrogen) atoms. The predicted molar refractivity (Wildman–Crippen MR) is 132 cm³/mol. The summed E-state index contributed by atoms with van der Waals surface area (Å²) >= 11 is 12.4. The Morgan fingerprint density at radius 3 is 2.14 bits per heavy atom. The monoisotopic (exact) mass is 560 g/mol. The van der Waals surface area contributed by atoms with Crippen LogP contribution in [0.15, 0.2) is 42.5 Å². The van der Waals surface area contributed by atoms with E-state index < -0.39 is 35.5 Å². The summed E-state index contributed by atoms with van der Waals surface area (Å²) in [5.74, 6) is -4.60. The van der Waals surface area contributed by atoms with Gasteiger partial charge in [0.05, 0.1) is 0 Å². The number of carbonyl (C=O) groups excluding carboxylic acids is 1. The number of benzene rings is 2. The summed E-state index contributed by atoms with van der Waals surface area (Å²) < 4.78 is 31.7. The summed E-state index contributed by atoms with van der Waals surface area (Å²) in [6.45, 7) is 6.25. The zero-order valence-electron chi connectivity index (χ0n) is 20.0. The van der Waals surface area contributed by atoms with Gasteiger partial charge in [-0.25, -0.2) is 4.79 Å². The van der Waals surface area contributed by atoms with Gasteiger partial charge in [0.2, 0.25) is 5.91 Å². The molecule has 1 spiro atoms. The van der Waals surface area contributed by atoms with Gasteiger partial charge in [-0.1, -0.05) is 62.2 Å². The maximum absolute atomic E-state index is 13.7. The van der Waals surface area contributed by atoms with Gasteiger partial charge in [0, 0.05) is 27.7 Å². The number of aliphatic carboxylic acids is 2. The van der Waals surface area contributed by atoms with E-state index in [0.717, 1.165) is 11.1 Å². The molecule has 2 aliphatic heterocycles. The fraction of sp³-hybridized carbons (Fsp3) is 0.400. The Labute approximate surface area is 221 Å². The van der Waals surface area contributed by atoms with Gasteiger partial charge in [-0.3, -0.25) is 14.9 Å². The van der Waals surface area contributed by atoms with Gasteiger partial charge in [-0.05, 0) is 47.2 Å². The fourth-order valence-corrected chi connectivity index (χ4v) is 5.48. The van der Waals surface area contributed by atoms with Crippen LogP contribution in [0.5, 0.6) is 0 Å². The number of anilines is 1. The molecular formula is C25H25Cl2F3N2O5. The molecule has 2 aromatic rings. The van der Waals surface area contributed by atoms with Crippen LogP contribution in [-0.4, -0.2) is 46.3 Å². The fourth-order valence-electron chi connectivity index (χ4n) is 5.11. The zero-order chi connectivity index (χ0) is 27.9. The van der Waals surface area contributed by atoms with Gasteiger partial charge in [-0.2, -0.15) is 13.2 Å². The highest BCUT2D eigenvalue weighted by Crippen LogP contribution is 2.56. The van der Waals surface area contributed by atoms with Crippen LogP contribution < -0.4 is 10.6 Å². The highest BCUT2D eigenvalue weighted by atomic mass is 35.5. The first-order valence-corrected chi connectivity index (χ1v) is 11.9. The number of carboxylic acids is 2. The second-order valence-electron chi connectivity index (χ2n) is 10.1. The molecule has 0 radical (unpaired) electrons. The quantitative estimate of drug-likeness (QED) is 0.396. The van der Waals surface area contributed by atoms with Gasteiger partial charge < -0.3 is 15.5 Å². The number of hydrogen-bond acceptors (Lipinski definition) is 4. The lowest BCUT2D eigenvalue weighted by Crippen LogP contribution is -2.49. The van der Waals surface area contributed by atoms with Crippen LogP contribution in [-0.2, 0) is 19.8 Å². The number of amides is 1. The summed E-state index contributed by atoms with van der Waals surface area (Å²) in [6, 6.07) is 11.1. The summed E-state index contributed by atoms with van der Waals surface area (Å²) in [4.78, 5) is 34.9. The number of halogens is 5. The molecule has 12 heteroatoms. The van der Waals surface area contributed by atoms with Crippen LogP contribution in [0, 0.1) is 5.41 Å². The molecule has 1 saturated heterocycles. The molecule has 7 nitrogen and oxygen atoms in total. The van der Waals surface area contributed by atoms with Crippen molar-refractivity contribution in [3.63, 3.8) is 0 Å². The topological polar surface area (TPSA) is 116 Å². The molecule has 0 unspecified atom stereocenters. The normalized spacial score (nSPS) is 24.8. The van der Waals surface area contributed by atoms with Crippen molar-refractivity contribution in [3.8, 4) is 0 Å². The molecule has 4 rings (SSSR count). The van der Waals surface area contributed by atoms with Crippen LogP contribution >= 0.6 is 23.2 Å². The lowest BCUT2D eigenvalue weighted by Gasteiger charge is -2.37. The zero-order valence-corrected chi connectivity index (χ0v) is 21.5. The second kappa shape index (κ2) is 10.2. The maximum atomic E-state index is 13.7. The minimum Gasteiger partial charge on any atom is -0.480 e.